The highest BCUT2D eigenvalue weighted by molar-refractivity contribution is 9.10. The molecule has 0 aliphatic carbocycles. The Hall–Kier alpha value is -1.36. The molecular weight excluding hydrogens is 294 g/mol. The van der Waals surface area contributed by atoms with Crippen molar-refractivity contribution < 1.29 is 4.74 Å². The lowest BCUT2D eigenvalue weighted by atomic mass is 10.1. The lowest BCUT2D eigenvalue weighted by molar-refractivity contribution is 0.358. The molecule has 1 aromatic heterocycles. The van der Waals surface area contributed by atoms with E-state index in [0.29, 0.717) is 6.04 Å². The highest BCUT2D eigenvalue weighted by atomic mass is 79.9. The molecule has 0 saturated carbocycles. The zero-order valence-corrected chi connectivity index (χ0v) is 11.9. The summed E-state index contributed by atoms with van der Waals surface area (Å²) in [4.78, 5) is 0. The van der Waals surface area contributed by atoms with Gasteiger partial charge in [0.1, 0.15) is 11.4 Å². The van der Waals surface area contributed by atoms with Crippen LogP contribution in [-0.2, 0) is 6.42 Å². The lowest BCUT2D eigenvalue weighted by Gasteiger charge is -2.06. The molecule has 0 saturated heterocycles. The van der Waals surface area contributed by atoms with Gasteiger partial charge in [0.2, 0.25) is 0 Å². The van der Waals surface area contributed by atoms with Gasteiger partial charge in [0.15, 0.2) is 0 Å². The molecule has 94 valence electrons. The lowest BCUT2D eigenvalue weighted by Crippen LogP contribution is -2.00. The fourth-order valence-corrected chi connectivity index (χ4v) is 2.62. The van der Waals surface area contributed by atoms with Gasteiger partial charge in [0, 0.05) is 22.5 Å². The molecule has 0 amide bonds. The number of hydrogen-bond donors (Lipinski definition) is 0. The van der Waals surface area contributed by atoms with Crippen molar-refractivity contribution in [2.75, 3.05) is 6.61 Å². The van der Waals surface area contributed by atoms with Crippen molar-refractivity contribution in [3.63, 3.8) is 0 Å². The van der Waals surface area contributed by atoms with E-state index in [2.05, 4.69) is 46.2 Å². The van der Waals surface area contributed by atoms with Crippen molar-refractivity contribution in [1.29, 1.82) is 0 Å². The molecule has 18 heavy (non-hydrogen) atoms. The molecule has 0 atom stereocenters. The van der Waals surface area contributed by atoms with Crippen molar-refractivity contribution in [2.24, 2.45) is 0 Å². The first-order valence-electron chi connectivity index (χ1n) is 6.02. The van der Waals surface area contributed by atoms with Gasteiger partial charge in [-0.1, -0.05) is 21.1 Å². The predicted octanol–water partition coefficient (Wildman–Crippen LogP) is 3.22. The fraction of sp³-hybridized carbons (Fsp3) is 0.385. The number of benzene rings is 1. The standard InChI is InChI=1S/C13H14BrN3O/c1-8(2)17-7-12(15-16-17)11-6-10(14)5-9-3-4-18-13(9)11/h5-8H,3-4H2,1-2H3. The van der Waals surface area contributed by atoms with Crippen LogP contribution in [-0.4, -0.2) is 21.6 Å². The highest BCUT2D eigenvalue weighted by Crippen LogP contribution is 2.38. The summed E-state index contributed by atoms with van der Waals surface area (Å²) in [6.45, 7) is 4.91. The van der Waals surface area contributed by atoms with Crippen molar-refractivity contribution in [1.82, 2.24) is 15.0 Å². The third kappa shape index (κ3) is 1.92. The van der Waals surface area contributed by atoms with Gasteiger partial charge in [-0.05, 0) is 31.5 Å². The second-order valence-corrected chi connectivity index (χ2v) is 5.63. The molecular formula is C13H14BrN3O. The second-order valence-electron chi connectivity index (χ2n) is 4.72. The molecule has 0 spiro atoms. The van der Waals surface area contributed by atoms with Crippen LogP contribution in [0.4, 0.5) is 0 Å². The third-order valence-electron chi connectivity index (χ3n) is 3.06. The first-order chi connectivity index (χ1) is 8.65. The topological polar surface area (TPSA) is 39.9 Å². The van der Waals surface area contributed by atoms with Crippen LogP contribution in [0.3, 0.4) is 0 Å². The molecule has 2 aromatic rings. The Labute approximate surface area is 114 Å². The van der Waals surface area contributed by atoms with E-state index in [4.69, 9.17) is 4.74 Å². The van der Waals surface area contributed by atoms with E-state index in [0.717, 1.165) is 34.5 Å². The predicted molar refractivity (Wildman–Crippen MR) is 72.7 cm³/mol. The number of fused-ring (bicyclic) bond motifs is 1. The van der Waals surface area contributed by atoms with Crippen LogP contribution in [0, 0.1) is 0 Å². The van der Waals surface area contributed by atoms with E-state index in [1.54, 1.807) is 0 Å². The molecule has 1 aliphatic rings. The maximum absolute atomic E-state index is 5.71. The van der Waals surface area contributed by atoms with E-state index < -0.39 is 0 Å². The molecule has 3 rings (SSSR count). The SMILES string of the molecule is CC(C)n1cc(-c2cc(Br)cc3c2OCC3)nn1. The fourth-order valence-electron chi connectivity index (χ4n) is 2.11. The van der Waals surface area contributed by atoms with Crippen molar-refractivity contribution >= 4 is 15.9 Å². The Bertz CT molecular complexity index is 592. The third-order valence-corrected chi connectivity index (χ3v) is 3.52. The largest absolute Gasteiger partial charge is 0.492 e. The Morgan fingerprint density at radius 1 is 1.39 bits per heavy atom. The van der Waals surface area contributed by atoms with Gasteiger partial charge in [-0.3, -0.25) is 0 Å². The first-order valence-corrected chi connectivity index (χ1v) is 6.82. The van der Waals surface area contributed by atoms with Gasteiger partial charge in [0.25, 0.3) is 0 Å². The minimum atomic E-state index is 0.312. The molecule has 4 nitrogen and oxygen atoms in total. The Morgan fingerprint density at radius 3 is 2.94 bits per heavy atom. The molecule has 2 heterocycles. The average Bonchev–Trinajstić information content (AvgIpc) is 2.95. The van der Waals surface area contributed by atoms with Crippen LogP contribution < -0.4 is 4.74 Å². The normalized spacial score (nSPS) is 13.8. The van der Waals surface area contributed by atoms with Crippen LogP contribution in [0.2, 0.25) is 0 Å². The number of ether oxygens (including phenoxy) is 1. The van der Waals surface area contributed by atoms with Crippen LogP contribution in [0.15, 0.2) is 22.8 Å². The summed E-state index contributed by atoms with van der Waals surface area (Å²) in [7, 11) is 0. The summed E-state index contributed by atoms with van der Waals surface area (Å²) in [5.41, 5.74) is 3.12. The molecule has 0 bridgehead atoms. The summed E-state index contributed by atoms with van der Waals surface area (Å²) in [5, 5.41) is 8.38. The maximum Gasteiger partial charge on any atom is 0.132 e. The zero-order chi connectivity index (χ0) is 12.7. The Balaban J connectivity index is 2.11. The van der Waals surface area contributed by atoms with Crippen LogP contribution in [0.1, 0.15) is 25.5 Å². The number of halogens is 1. The van der Waals surface area contributed by atoms with E-state index >= 15 is 0 Å². The van der Waals surface area contributed by atoms with Gasteiger partial charge in [-0.15, -0.1) is 5.10 Å². The van der Waals surface area contributed by atoms with Gasteiger partial charge < -0.3 is 4.74 Å². The molecule has 1 aromatic carbocycles. The van der Waals surface area contributed by atoms with Gasteiger partial charge >= 0.3 is 0 Å². The number of hydrogen-bond acceptors (Lipinski definition) is 3. The summed E-state index contributed by atoms with van der Waals surface area (Å²) in [5.74, 6) is 0.953. The van der Waals surface area contributed by atoms with Gasteiger partial charge in [-0.25, -0.2) is 4.68 Å². The van der Waals surface area contributed by atoms with E-state index in [1.807, 2.05) is 16.9 Å². The van der Waals surface area contributed by atoms with Crippen LogP contribution in [0.25, 0.3) is 11.3 Å². The van der Waals surface area contributed by atoms with Crippen LogP contribution >= 0.6 is 15.9 Å². The summed E-state index contributed by atoms with van der Waals surface area (Å²) in [6, 6.07) is 4.46. The highest BCUT2D eigenvalue weighted by Gasteiger charge is 2.20. The molecule has 0 fully saturated rings. The van der Waals surface area contributed by atoms with Crippen LogP contribution in [0.5, 0.6) is 5.75 Å². The summed E-state index contributed by atoms with van der Waals surface area (Å²) < 4.78 is 8.63. The zero-order valence-electron chi connectivity index (χ0n) is 10.4. The Kier molecular flexibility index (Phi) is 2.86. The molecule has 5 heteroatoms. The van der Waals surface area contributed by atoms with Gasteiger partial charge in [-0.2, -0.15) is 0 Å². The first kappa shape index (κ1) is 11.7. The quantitative estimate of drug-likeness (QED) is 0.855. The second kappa shape index (κ2) is 4.39. The molecule has 0 radical (unpaired) electrons. The minimum Gasteiger partial charge on any atom is -0.492 e. The summed E-state index contributed by atoms with van der Waals surface area (Å²) >= 11 is 3.54. The summed E-state index contributed by atoms with van der Waals surface area (Å²) in [6.07, 6.45) is 2.93. The van der Waals surface area contributed by atoms with Gasteiger partial charge in [0.05, 0.1) is 12.8 Å². The van der Waals surface area contributed by atoms with E-state index in [9.17, 15) is 0 Å². The average molecular weight is 308 g/mol. The van der Waals surface area contributed by atoms with Crippen molar-refractivity contribution in [2.45, 2.75) is 26.3 Å². The number of rotatable bonds is 2. The van der Waals surface area contributed by atoms with E-state index in [-0.39, 0.29) is 0 Å². The maximum atomic E-state index is 5.71. The number of aromatic nitrogens is 3. The molecule has 0 N–H and O–H groups in total. The van der Waals surface area contributed by atoms with E-state index in [1.165, 1.54) is 5.56 Å². The van der Waals surface area contributed by atoms with Crippen molar-refractivity contribution in [3.8, 4) is 17.0 Å². The Morgan fingerprint density at radius 2 is 2.22 bits per heavy atom. The molecule has 1 aliphatic heterocycles. The minimum absolute atomic E-state index is 0.312. The number of nitrogens with zero attached hydrogens (tertiary/aromatic N) is 3. The smallest absolute Gasteiger partial charge is 0.132 e. The monoisotopic (exact) mass is 307 g/mol. The molecule has 0 unspecified atom stereocenters. The van der Waals surface area contributed by atoms with Crippen molar-refractivity contribution in [3.05, 3.63) is 28.4 Å².